The molecule has 19 heavy (non-hydrogen) atoms. The Morgan fingerprint density at radius 2 is 2.11 bits per heavy atom. The van der Waals surface area contributed by atoms with Crippen LogP contribution >= 0.6 is 0 Å². The van der Waals surface area contributed by atoms with Crippen LogP contribution in [0.25, 0.3) is 0 Å². The van der Waals surface area contributed by atoms with E-state index in [0.29, 0.717) is 19.0 Å². The molecule has 1 amide bonds. The second kappa shape index (κ2) is 7.16. The molecule has 0 fully saturated rings. The minimum absolute atomic E-state index is 0.183. The van der Waals surface area contributed by atoms with Gasteiger partial charge in [-0.3, -0.25) is 4.79 Å². The van der Waals surface area contributed by atoms with Gasteiger partial charge < -0.3 is 15.8 Å². The van der Waals surface area contributed by atoms with Crippen molar-refractivity contribution in [1.29, 1.82) is 0 Å². The number of halogens is 2. The fourth-order valence-electron chi connectivity index (χ4n) is 1.69. The lowest BCUT2D eigenvalue weighted by atomic mass is 10.1. The number of carbonyl (C=O) groups is 1. The number of methoxy groups -OCH3 is 1. The third-order valence-corrected chi connectivity index (χ3v) is 2.71. The molecule has 0 aliphatic carbocycles. The Morgan fingerprint density at radius 1 is 1.42 bits per heavy atom. The lowest BCUT2D eigenvalue weighted by Gasteiger charge is -2.17. The summed E-state index contributed by atoms with van der Waals surface area (Å²) in [5.74, 6) is -2.16. The lowest BCUT2D eigenvalue weighted by molar-refractivity contribution is 0.0889. The summed E-state index contributed by atoms with van der Waals surface area (Å²) < 4.78 is 31.6. The van der Waals surface area contributed by atoms with Crippen LogP contribution < -0.4 is 11.1 Å². The van der Waals surface area contributed by atoms with Gasteiger partial charge in [-0.15, -0.1) is 0 Å². The SMILES string of the molecule is COCC(CCN)NC(=O)c1cc(C)c(F)cc1F. The highest BCUT2D eigenvalue weighted by Crippen LogP contribution is 2.14. The second-order valence-electron chi connectivity index (χ2n) is 4.28. The number of amides is 1. The van der Waals surface area contributed by atoms with E-state index in [9.17, 15) is 13.6 Å². The quantitative estimate of drug-likeness (QED) is 0.822. The van der Waals surface area contributed by atoms with Crippen molar-refractivity contribution in [3.8, 4) is 0 Å². The first-order chi connectivity index (χ1) is 8.99. The van der Waals surface area contributed by atoms with Crippen LogP contribution in [0.15, 0.2) is 12.1 Å². The van der Waals surface area contributed by atoms with Gasteiger partial charge in [0, 0.05) is 13.2 Å². The van der Waals surface area contributed by atoms with Crippen molar-refractivity contribution in [2.75, 3.05) is 20.3 Å². The Morgan fingerprint density at radius 3 is 2.68 bits per heavy atom. The zero-order valence-electron chi connectivity index (χ0n) is 11.0. The van der Waals surface area contributed by atoms with Gasteiger partial charge in [0.25, 0.3) is 5.91 Å². The average Bonchev–Trinajstić information content (AvgIpc) is 2.34. The summed E-state index contributed by atoms with van der Waals surface area (Å²) in [5.41, 5.74) is 5.45. The zero-order chi connectivity index (χ0) is 14.4. The van der Waals surface area contributed by atoms with Gasteiger partial charge in [-0.05, 0) is 31.5 Å². The van der Waals surface area contributed by atoms with Crippen molar-refractivity contribution in [2.24, 2.45) is 5.73 Å². The van der Waals surface area contributed by atoms with E-state index in [0.717, 1.165) is 0 Å². The van der Waals surface area contributed by atoms with E-state index >= 15 is 0 Å². The minimum Gasteiger partial charge on any atom is -0.383 e. The molecule has 0 saturated carbocycles. The number of benzene rings is 1. The predicted octanol–water partition coefficient (Wildman–Crippen LogP) is 1.37. The maximum Gasteiger partial charge on any atom is 0.254 e. The van der Waals surface area contributed by atoms with Crippen molar-refractivity contribution in [2.45, 2.75) is 19.4 Å². The maximum atomic E-state index is 13.5. The van der Waals surface area contributed by atoms with Crippen LogP contribution in [0.2, 0.25) is 0 Å². The normalized spacial score (nSPS) is 12.3. The Kier molecular flexibility index (Phi) is 5.85. The number of nitrogens with two attached hydrogens (primary N) is 1. The fraction of sp³-hybridized carbons (Fsp3) is 0.462. The fourth-order valence-corrected chi connectivity index (χ4v) is 1.69. The third kappa shape index (κ3) is 4.25. The summed E-state index contributed by atoms with van der Waals surface area (Å²) in [7, 11) is 1.50. The zero-order valence-corrected chi connectivity index (χ0v) is 11.0. The molecule has 1 rings (SSSR count). The summed E-state index contributed by atoms with van der Waals surface area (Å²) in [6, 6.07) is 1.59. The van der Waals surface area contributed by atoms with Crippen LogP contribution in [0.4, 0.5) is 8.78 Å². The Balaban J connectivity index is 2.84. The Hall–Kier alpha value is -1.53. The largest absolute Gasteiger partial charge is 0.383 e. The number of nitrogens with one attached hydrogen (secondary N) is 1. The molecular weight excluding hydrogens is 254 g/mol. The molecule has 0 aromatic heterocycles. The van der Waals surface area contributed by atoms with Gasteiger partial charge >= 0.3 is 0 Å². The van der Waals surface area contributed by atoms with Crippen molar-refractivity contribution < 1.29 is 18.3 Å². The number of aryl methyl sites for hydroxylation is 1. The molecule has 0 aliphatic rings. The molecular formula is C13H18F2N2O2. The smallest absolute Gasteiger partial charge is 0.254 e. The van der Waals surface area contributed by atoms with Gasteiger partial charge in [0.05, 0.1) is 18.2 Å². The molecule has 0 radical (unpaired) electrons. The summed E-state index contributed by atoms with van der Waals surface area (Å²) in [5, 5.41) is 2.62. The molecule has 0 aliphatic heterocycles. The number of carbonyl (C=O) groups excluding carboxylic acids is 1. The van der Waals surface area contributed by atoms with Crippen LogP contribution in [-0.4, -0.2) is 32.2 Å². The van der Waals surface area contributed by atoms with E-state index in [2.05, 4.69) is 5.32 Å². The van der Waals surface area contributed by atoms with E-state index in [1.165, 1.54) is 20.1 Å². The molecule has 0 heterocycles. The highest BCUT2D eigenvalue weighted by molar-refractivity contribution is 5.94. The Bertz CT molecular complexity index is 447. The Labute approximate surface area is 110 Å². The standard InChI is InChI=1S/C13H18F2N2O2/c1-8-5-10(12(15)6-11(8)14)13(18)17-9(3-4-16)7-19-2/h5-6,9H,3-4,7,16H2,1-2H3,(H,17,18). The molecule has 0 spiro atoms. The van der Waals surface area contributed by atoms with E-state index in [-0.39, 0.29) is 23.8 Å². The van der Waals surface area contributed by atoms with E-state index < -0.39 is 17.5 Å². The van der Waals surface area contributed by atoms with Crippen LogP contribution in [-0.2, 0) is 4.74 Å². The first-order valence-corrected chi connectivity index (χ1v) is 5.95. The van der Waals surface area contributed by atoms with Crippen molar-refractivity contribution in [3.05, 3.63) is 34.9 Å². The maximum absolute atomic E-state index is 13.5. The van der Waals surface area contributed by atoms with Crippen LogP contribution in [0.1, 0.15) is 22.3 Å². The van der Waals surface area contributed by atoms with Gasteiger partial charge in [0.1, 0.15) is 11.6 Å². The number of hydrogen-bond acceptors (Lipinski definition) is 3. The summed E-state index contributed by atoms with van der Waals surface area (Å²) in [6.07, 6.45) is 0.515. The van der Waals surface area contributed by atoms with Gasteiger partial charge in [-0.1, -0.05) is 0 Å². The van der Waals surface area contributed by atoms with Gasteiger partial charge in [-0.25, -0.2) is 8.78 Å². The molecule has 106 valence electrons. The molecule has 0 saturated heterocycles. The topological polar surface area (TPSA) is 64.3 Å². The van der Waals surface area contributed by atoms with Crippen molar-refractivity contribution in [1.82, 2.24) is 5.32 Å². The molecule has 3 N–H and O–H groups in total. The first-order valence-electron chi connectivity index (χ1n) is 5.95. The van der Waals surface area contributed by atoms with Gasteiger partial charge in [-0.2, -0.15) is 0 Å². The summed E-state index contributed by atoms with van der Waals surface area (Å²) in [4.78, 5) is 11.9. The highest BCUT2D eigenvalue weighted by atomic mass is 19.1. The lowest BCUT2D eigenvalue weighted by Crippen LogP contribution is -2.39. The predicted molar refractivity (Wildman–Crippen MR) is 67.9 cm³/mol. The molecule has 6 heteroatoms. The molecule has 1 unspecified atom stereocenters. The number of ether oxygens (including phenoxy) is 1. The molecule has 1 aromatic carbocycles. The highest BCUT2D eigenvalue weighted by Gasteiger charge is 2.18. The second-order valence-corrected chi connectivity index (χ2v) is 4.28. The average molecular weight is 272 g/mol. The van der Waals surface area contributed by atoms with E-state index in [1.807, 2.05) is 0 Å². The number of rotatable bonds is 6. The minimum atomic E-state index is -0.885. The van der Waals surface area contributed by atoms with Crippen molar-refractivity contribution >= 4 is 5.91 Å². The molecule has 1 aromatic rings. The van der Waals surface area contributed by atoms with Crippen LogP contribution in [0.3, 0.4) is 0 Å². The molecule has 1 atom stereocenters. The van der Waals surface area contributed by atoms with E-state index in [4.69, 9.17) is 10.5 Å². The monoisotopic (exact) mass is 272 g/mol. The number of hydrogen-bond donors (Lipinski definition) is 2. The molecule has 0 bridgehead atoms. The third-order valence-electron chi connectivity index (χ3n) is 2.71. The summed E-state index contributed by atoms with van der Waals surface area (Å²) >= 11 is 0. The van der Waals surface area contributed by atoms with Gasteiger partial charge in [0.2, 0.25) is 0 Å². The van der Waals surface area contributed by atoms with Crippen molar-refractivity contribution in [3.63, 3.8) is 0 Å². The molecule has 4 nitrogen and oxygen atoms in total. The van der Waals surface area contributed by atoms with Gasteiger partial charge in [0.15, 0.2) is 0 Å². The summed E-state index contributed by atoms with van der Waals surface area (Å²) in [6.45, 7) is 2.13. The van der Waals surface area contributed by atoms with Crippen LogP contribution in [0, 0.1) is 18.6 Å². The van der Waals surface area contributed by atoms with E-state index in [1.54, 1.807) is 0 Å². The van der Waals surface area contributed by atoms with Crippen LogP contribution in [0.5, 0.6) is 0 Å². The first kappa shape index (κ1) is 15.5.